The summed E-state index contributed by atoms with van der Waals surface area (Å²) in [5.41, 5.74) is 0. The van der Waals surface area contributed by atoms with Crippen LogP contribution in [0.3, 0.4) is 0 Å². The van der Waals surface area contributed by atoms with Gasteiger partial charge in [0.1, 0.15) is 0 Å². The predicted molar refractivity (Wildman–Crippen MR) is 67.0 cm³/mol. The Balaban J connectivity index is 2.06. The maximum Gasteiger partial charge on any atom is 0.415 e. The summed E-state index contributed by atoms with van der Waals surface area (Å²) < 4.78 is 18.5. The van der Waals surface area contributed by atoms with Crippen LogP contribution in [-0.4, -0.2) is 23.6 Å². The number of benzene rings is 1. The van der Waals surface area contributed by atoms with Crippen LogP contribution in [0.5, 0.6) is 5.75 Å². The second-order valence-electron chi connectivity index (χ2n) is 4.95. The van der Waals surface area contributed by atoms with Gasteiger partial charge in [-0.2, -0.15) is 0 Å². The minimum absolute atomic E-state index is 0.00286. The fraction of sp³-hybridized carbons (Fsp3) is 0.500. The van der Waals surface area contributed by atoms with Crippen molar-refractivity contribution in [2.45, 2.75) is 32.7 Å². The van der Waals surface area contributed by atoms with E-state index in [4.69, 9.17) is 4.74 Å². The fourth-order valence-electron chi connectivity index (χ4n) is 2.39. The summed E-state index contributed by atoms with van der Waals surface area (Å²) in [6.45, 7) is 4.86. The highest BCUT2D eigenvalue weighted by molar-refractivity contribution is 5.71. The number of carbonyl (C=O) groups is 1. The molecule has 1 heterocycles. The Morgan fingerprint density at radius 2 is 2.17 bits per heavy atom. The summed E-state index contributed by atoms with van der Waals surface area (Å²) in [6, 6.07) is 6.17. The largest absolute Gasteiger partial charge is 0.415 e. The molecule has 0 aliphatic carbocycles. The Hall–Kier alpha value is -1.58. The van der Waals surface area contributed by atoms with Gasteiger partial charge in [-0.3, -0.25) is 0 Å². The van der Waals surface area contributed by atoms with Crippen LogP contribution in [0.1, 0.15) is 26.7 Å². The van der Waals surface area contributed by atoms with Gasteiger partial charge >= 0.3 is 6.09 Å². The molecule has 1 aliphatic heterocycles. The second kappa shape index (κ2) is 5.38. The van der Waals surface area contributed by atoms with Crippen LogP contribution in [0.15, 0.2) is 24.3 Å². The Morgan fingerprint density at radius 1 is 1.44 bits per heavy atom. The molecule has 1 atom stereocenters. The number of para-hydroxylation sites is 1. The second-order valence-corrected chi connectivity index (χ2v) is 4.95. The third-order valence-corrected chi connectivity index (χ3v) is 3.34. The molecule has 1 unspecified atom stereocenters. The van der Waals surface area contributed by atoms with Gasteiger partial charge in [0.2, 0.25) is 0 Å². The van der Waals surface area contributed by atoms with Crippen molar-refractivity contribution in [2.75, 3.05) is 6.54 Å². The molecular weight excluding hydrogens is 233 g/mol. The third kappa shape index (κ3) is 2.63. The topological polar surface area (TPSA) is 29.5 Å². The molecule has 2 rings (SSSR count). The molecule has 1 amide bonds. The predicted octanol–water partition coefficient (Wildman–Crippen LogP) is 3.44. The minimum Gasteiger partial charge on any atom is -0.407 e. The first-order valence-electron chi connectivity index (χ1n) is 6.32. The molecule has 1 aliphatic rings. The molecule has 1 fully saturated rings. The van der Waals surface area contributed by atoms with Crippen molar-refractivity contribution in [3.63, 3.8) is 0 Å². The van der Waals surface area contributed by atoms with Gasteiger partial charge in [-0.25, -0.2) is 9.18 Å². The summed E-state index contributed by atoms with van der Waals surface area (Å²) >= 11 is 0. The summed E-state index contributed by atoms with van der Waals surface area (Å²) in [4.78, 5) is 13.7. The number of carbonyl (C=O) groups excluding carboxylic acids is 1. The van der Waals surface area contributed by atoms with Crippen LogP contribution in [0.2, 0.25) is 0 Å². The first kappa shape index (κ1) is 12.9. The zero-order valence-corrected chi connectivity index (χ0v) is 10.7. The van der Waals surface area contributed by atoms with Gasteiger partial charge in [0.15, 0.2) is 11.6 Å². The van der Waals surface area contributed by atoms with Crippen LogP contribution in [-0.2, 0) is 0 Å². The lowest BCUT2D eigenvalue weighted by Crippen LogP contribution is -2.40. The van der Waals surface area contributed by atoms with Crippen LogP contribution < -0.4 is 4.74 Å². The van der Waals surface area contributed by atoms with Crippen molar-refractivity contribution < 1.29 is 13.9 Å². The highest BCUT2D eigenvalue weighted by Crippen LogP contribution is 2.25. The average Bonchev–Trinajstić information content (AvgIpc) is 2.81. The SMILES string of the molecule is CC(C)C1CCCN1C(=O)Oc1ccccc1F. The van der Waals surface area contributed by atoms with E-state index in [1.807, 2.05) is 0 Å². The van der Waals surface area contributed by atoms with E-state index < -0.39 is 11.9 Å². The van der Waals surface area contributed by atoms with Gasteiger partial charge in [-0.15, -0.1) is 0 Å². The van der Waals surface area contributed by atoms with E-state index in [2.05, 4.69) is 13.8 Å². The molecule has 0 saturated carbocycles. The summed E-state index contributed by atoms with van der Waals surface area (Å²) in [5.74, 6) is -0.122. The van der Waals surface area contributed by atoms with Crippen molar-refractivity contribution in [3.8, 4) is 5.75 Å². The number of hydrogen-bond acceptors (Lipinski definition) is 2. The van der Waals surface area contributed by atoms with Gasteiger partial charge in [0.25, 0.3) is 0 Å². The van der Waals surface area contributed by atoms with Gasteiger partial charge in [-0.05, 0) is 30.9 Å². The Morgan fingerprint density at radius 3 is 2.83 bits per heavy atom. The molecule has 1 aromatic carbocycles. The van der Waals surface area contributed by atoms with Crippen molar-refractivity contribution in [1.29, 1.82) is 0 Å². The van der Waals surface area contributed by atoms with Crippen LogP contribution in [0.25, 0.3) is 0 Å². The fourth-order valence-corrected chi connectivity index (χ4v) is 2.39. The normalized spacial score (nSPS) is 19.3. The molecule has 0 radical (unpaired) electrons. The van der Waals surface area contributed by atoms with Crippen LogP contribution in [0, 0.1) is 11.7 Å². The van der Waals surface area contributed by atoms with E-state index in [1.165, 1.54) is 12.1 Å². The minimum atomic E-state index is -0.508. The Bertz CT molecular complexity index is 434. The first-order chi connectivity index (χ1) is 8.59. The van der Waals surface area contributed by atoms with Crippen molar-refractivity contribution >= 4 is 6.09 Å². The van der Waals surface area contributed by atoms with E-state index >= 15 is 0 Å². The van der Waals surface area contributed by atoms with E-state index in [9.17, 15) is 9.18 Å². The van der Waals surface area contributed by atoms with Crippen LogP contribution >= 0.6 is 0 Å². The maximum absolute atomic E-state index is 13.4. The molecule has 4 heteroatoms. The van der Waals surface area contributed by atoms with Crippen LogP contribution in [0.4, 0.5) is 9.18 Å². The zero-order chi connectivity index (χ0) is 13.1. The molecular formula is C14H18FNO2. The standard InChI is InChI=1S/C14H18FNO2/c1-10(2)12-7-5-9-16(12)14(17)18-13-8-4-3-6-11(13)15/h3-4,6,8,10,12H,5,7,9H2,1-2H3. The van der Waals surface area contributed by atoms with Gasteiger partial charge in [-0.1, -0.05) is 26.0 Å². The zero-order valence-electron chi connectivity index (χ0n) is 10.7. The lowest BCUT2D eigenvalue weighted by molar-refractivity contribution is 0.134. The molecule has 0 aromatic heterocycles. The Kier molecular flexibility index (Phi) is 3.84. The smallest absolute Gasteiger partial charge is 0.407 e. The maximum atomic E-state index is 13.4. The number of hydrogen-bond donors (Lipinski definition) is 0. The summed E-state index contributed by atoms with van der Waals surface area (Å²) in [7, 11) is 0. The van der Waals surface area contributed by atoms with Crippen molar-refractivity contribution in [1.82, 2.24) is 4.90 Å². The number of amides is 1. The van der Waals surface area contributed by atoms with E-state index in [-0.39, 0.29) is 11.8 Å². The summed E-state index contributed by atoms with van der Waals surface area (Å²) in [5, 5.41) is 0. The molecule has 98 valence electrons. The number of ether oxygens (including phenoxy) is 1. The molecule has 3 nitrogen and oxygen atoms in total. The van der Waals surface area contributed by atoms with Crippen molar-refractivity contribution in [2.24, 2.45) is 5.92 Å². The number of nitrogens with zero attached hydrogens (tertiary/aromatic N) is 1. The number of likely N-dealkylation sites (tertiary alicyclic amines) is 1. The lowest BCUT2D eigenvalue weighted by Gasteiger charge is -2.26. The highest BCUT2D eigenvalue weighted by atomic mass is 19.1. The van der Waals surface area contributed by atoms with E-state index in [0.29, 0.717) is 12.5 Å². The highest BCUT2D eigenvalue weighted by Gasteiger charge is 2.32. The third-order valence-electron chi connectivity index (χ3n) is 3.34. The van der Waals surface area contributed by atoms with Gasteiger partial charge < -0.3 is 9.64 Å². The number of halogens is 1. The van der Waals surface area contributed by atoms with Gasteiger partial charge in [0.05, 0.1) is 0 Å². The Labute approximate surface area is 107 Å². The van der Waals surface area contributed by atoms with Crippen molar-refractivity contribution in [3.05, 3.63) is 30.1 Å². The molecule has 0 bridgehead atoms. The number of rotatable bonds is 2. The molecule has 1 aromatic rings. The molecule has 1 saturated heterocycles. The van der Waals surface area contributed by atoms with Gasteiger partial charge in [0, 0.05) is 12.6 Å². The summed E-state index contributed by atoms with van der Waals surface area (Å²) in [6.07, 6.45) is 1.52. The molecule has 0 spiro atoms. The lowest BCUT2D eigenvalue weighted by atomic mass is 10.0. The molecule has 0 N–H and O–H groups in total. The van der Waals surface area contributed by atoms with E-state index in [0.717, 1.165) is 12.8 Å². The quantitative estimate of drug-likeness (QED) is 0.805. The van der Waals surface area contributed by atoms with E-state index in [1.54, 1.807) is 17.0 Å². The average molecular weight is 251 g/mol. The monoisotopic (exact) mass is 251 g/mol. The molecule has 18 heavy (non-hydrogen) atoms. The first-order valence-corrected chi connectivity index (χ1v) is 6.32.